The van der Waals surface area contributed by atoms with Crippen molar-refractivity contribution in [2.24, 2.45) is 5.73 Å². The van der Waals surface area contributed by atoms with Crippen molar-refractivity contribution in [3.8, 4) is 0 Å². The van der Waals surface area contributed by atoms with E-state index >= 15 is 0 Å². The predicted molar refractivity (Wildman–Crippen MR) is 78.6 cm³/mol. The van der Waals surface area contributed by atoms with Gasteiger partial charge in [-0.2, -0.15) is 0 Å². The number of hydrogen-bond acceptors (Lipinski definition) is 6. The van der Waals surface area contributed by atoms with E-state index in [9.17, 15) is 0 Å². The van der Waals surface area contributed by atoms with Gasteiger partial charge in [0.2, 0.25) is 5.95 Å². The van der Waals surface area contributed by atoms with Crippen LogP contribution in [0.2, 0.25) is 0 Å². The van der Waals surface area contributed by atoms with Crippen molar-refractivity contribution in [3.63, 3.8) is 0 Å². The van der Waals surface area contributed by atoms with Crippen molar-refractivity contribution >= 4 is 11.8 Å². The molecule has 0 amide bonds. The molecule has 0 aliphatic carbocycles. The van der Waals surface area contributed by atoms with Gasteiger partial charge >= 0.3 is 0 Å². The molecule has 1 saturated heterocycles. The lowest BCUT2D eigenvalue weighted by atomic mass is 10.2. The molecule has 0 unspecified atom stereocenters. The molecule has 0 saturated carbocycles. The number of piperazine rings is 1. The van der Waals surface area contributed by atoms with E-state index in [1.807, 2.05) is 18.3 Å². The Bertz CT molecular complexity index is 551. The molecule has 2 aromatic heterocycles. The van der Waals surface area contributed by atoms with Crippen LogP contribution in [0.15, 0.2) is 36.8 Å². The molecule has 0 bridgehead atoms. The summed E-state index contributed by atoms with van der Waals surface area (Å²) in [6.45, 7) is 4.18. The van der Waals surface area contributed by atoms with Gasteiger partial charge in [-0.15, -0.1) is 0 Å². The average Bonchev–Trinajstić information content (AvgIpc) is 2.56. The molecule has 2 aromatic rings. The highest BCUT2D eigenvalue weighted by Gasteiger charge is 2.19. The molecule has 1 fully saturated rings. The fraction of sp³-hybridized carbons (Fsp3) is 0.357. The molecule has 20 heavy (non-hydrogen) atoms. The SMILES string of the molecule is NCc1ccnc(N2CCN(c3ncccn3)CC2)c1. The van der Waals surface area contributed by atoms with E-state index in [4.69, 9.17) is 5.73 Å². The summed E-state index contributed by atoms with van der Waals surface area (Å²) in [6.07, 6.45) is 5.38. The van der Waals surface area contributed by atoms with Gasteiger partial charge in [-0.3, -0.25) is 0 Å². The second-order valence-corrected chi connectivity index (χ2v) is 4.75. The molecule has 6 nitrogen and oxygen atoms in total. The van der Waals surface area contributed by atoms with Crippen molar-refractivity contribution in [2.45, 2.75) is 6.54 Å². The Morgan fingerprint density at radius 1 is 0.950 bits per heavy atom. The van der Waals surface area contributed by atoms with Crippen molar-refractivity contribution in [2.75, 3.05) is 36.0 Å². The van der Waals surface area contributed by atoms with E-state index in [2.05, 4.69) is 30.8 Å². The van der Waals surface area contributed by atoms with Crippen LogP contribution < -0.4 is 15.5 Å². The second kappa shape index (κ2) is 5.83. The molecule has 0 radical (unpaired) electrons. The average molecular weight is 270 g/mol. The maximum absolute atomic E-state index is 5.68. The third-order valence-corrected chi connectivity index (χ3v) is 3.48. The first-order valence-corrected chi connectivity index (χ1v) is 6.79. The van der Waals surface area contributed by atoms with E-state index in [1.165, 1.54) is 0 Å². The minimum Gasteiger partial charge on any atom is -0.353 e. The lowest BCUT2D eigenvalue weighted by Crippen LogP contribution is -2.47. The molecule has 3 rings (SSSR count). The molecule has 6 heteroatoms. The largest absolute Gasteiger partial charge is 0.353 e. The van der Waals surface area contributed by atoms with E-state index in [-0.39, 0.29) is 0 Å². The lowest BCUT2D eigenvalue weighted by Gasteiger charge is -2.35. The standard InChI is InChI=1S/C14H18N6/c15-11-12-2-5-16-13(10-12)19-6-8-20(9-7-19)14-17-3-1-4-18-14/h1-5,10H,6-9,11,15H2. The smallest absolute Gasteiger partial charge is 0.225 e. The summed E-state index contributed by atoms with van der Waals surface area (Å²) in [7, 11) is 0. The Morgan fingerprint density at radius 2 is 1.65 bits per heavy atom. The molecular formula is C14H18N6. The van der Waals surface area contributed by atoms with E-state index in [0.29, 0.717) is 6.54 Å². The quantitative estimate of drug-likeness (QED) is 0.883. The van der Waals surface area contributed by atoms with Gasteiger partial charge in [0, 0.05) is 51.3 Å². The Labute approximate surface area is 118 Å². The second-order valence-electron chi connectivity index (χ2n) is 4.75. The summed E-state index contributed by atoms with van der Waals surface area (Å²) in [5.74, 6) is 1.80. The fourth-order valence-electron chi connectivity index (χ4n) is 2.35. The normalized spacial score (nSPS) is 15.4. The van der Waals surface area contributed by atoms with Gasteiger partial charge in [-0.1, -0.05) is 0 Å². The van der Waals surface area contributed by atoms with Crippen molar-refractivity contribution < 1.29 is 0 Å². The zero-order valence-electron chi connectivity index (χ0n) is 11.3. The van der Waals surface area contributed by atoms with Gasteiger partial charge in [0.05, 0.1) is 0 Å². The lowest BCUT2D eigenvalue weighted by molar-refractivity contribution is 0.634. The minimum atomic E-state index is 0.549. The van der Waals surface area contributed by atoms with E-state index < -0.39 is 0 Å². The zero-order chi connectivity index (χ0) is 13.8. The Hall–Kier alpha value is -2.21. The summed E-state index contributed by atoms with van der Waals surface area (Å²) in [4.78, 5) is 17.5. The monoisotopic (exact) mass is 270 g/mol. The van der Waals surface area contributed by atoms with Gasteiger partial charge in [-0.25, -0.2) is 15.0 Å². The highest BCUT2D eigenvalue weighted by molar-refractivity contribution is 5.44. The summed E-state index contributed by atoms with van der Waals surface area (Å²) in [5, 5.41) is 0. The Morgan fingerprint density at radius 3 is 2.35 bits per heavy atom. The summed E-state index contributed by atoms with van der Waals surface area (Å²) in [6, 6.07) is 5.86. The number of nitrogens with zero attached hydrogens (tertiary/aromatic N) is 5. The van der Waals surface area contributed by atoms with Crippen LogP contribution >= 0.6 is 0 Å². The topological polar surface area (TPSA) is 71.2 Å². The van der Waals surface area contributed by atoms with Crippen LogP contribution in [0.1, 0.15) is 5.56 Å². The van der Waals surface area contributed by atoms with Crippen molar-refractivity contribution in [1.82, 2.24) is 15.0 Å². The third kappa shape index (κ3) is 2.70. The van der Waals surface area contributed by atoms with Crippen molar-refractivity contribution in [1.29, 1.82) is 0 Å². The molecular weight excluding hydrogens is 252 g/mol. The van der Waals surface area contributed by atoms with Gasteiger partial charge in [0.1, 0.15) is 5.82 Å². The van der Waals surface area contributed by atoms with Gasteiger partial charge in [-0.05, 0) is 23.8 Å². The van der Waals surface area contributed by atoms with Crippen LogP contribution in [0.3, 0.4) is 0 Å². The van der Waals surface area contributed by atoms with Gasteiger partial charge in [0.25, 0.3) is 0 Å². The van der Waals surface area contributed by atoms with Crippen molar-refractivity contribution in [3.05, 3.63) is 42.4 Å². The van der Waals surface area contributed by atoms with Gasteiger partial charge in [0.15, 0.2) is 0 Å². The fourth-order valence-corrected chi connectivity index (χ4v) is 2.35. The maximum atomic E-state index is 5.68. The molecule has 3 heterocycles. The van der Waals surface area contributed by atoms with Crippen LogP contribution in [0, 0.1) is 0 Å². The number of aromatic nitrogens is 3. The Kier molecular flexibility index (Phi) is 3.73. The molecule has 0 spiro atoms. The molecule has 1 aliphatic heterocycles. The molecule has 0 atom stereocenters. The molecule has 1 aliphatic rings. The summed E-state index contributed by atoms with van der Waals surface area (Å²) in [5.41, 5.74) is 6.79. The van der Waals surface area contributed by atoms with Crippen LogP contribution in [0.25, 0.3) is 0 Å². The van der Waals surface area contributed by atoms with Crippen LogP contribution in [0.4, 0.5) is 11.8 Å². The maximum Gasteiger partial charge on any atom is 0.225 e. The predicted octanol–water partition coefficient (Wildman–Crippen LogP) is 0.657. The Balaban J connectivity index is 1.66. The zero-order valence-corrected chi connectivity index (χ0v) is 11.3. The minimum absolute atomic E-state index is 0.549. The van der Waals surface area contributed by atoms with Gasteiger partial charge < -0.3 is 15.5 Å². The van der Waals surface area contributed by atoms with E-state index in [0.717, 1.165) is 43.5 Å². The number of rotatable bonds is 3. The summed E-state index contributed by atoms with van der Waals surface area (Å²) >= 11 is 0. The molecule has 104 valence electrons. The van der Waals surface area contributed by atoms with E-state index in [1.54, 1.807) is 12.4 Å². The third-order valence-electron chi connectivity index (χ3n) is 3.48. The first-order valence-electron chi connectivity index (χ1n) is 6.79. The van der Waals surface area contributed by atoms with Crippen LogP contribution in [-0.2, 0) is 6.54 Å². The highest BCUT2D eigenvalue weighted by atomic mass is 15.3. The number of anilines is 2. The first kappa shape index (κ1) is 12.8. The molecule has 2 N–H and O–H groups in total. The summed E-state index contributed by atoms with van der Waals surface area (Å²) < 4.78 is 0. The van der Waals surface area contributed by atoms with Crippen LogP contribution in [0.5, 0.6) is 0 Å². The number of nitrogens with two attached hydrogens (primary N) is 1. The number of pyridine rings is 1. The highest BCUT2D eigenvalue weighted by Crippen LogP contribution is 2.16. The first-order chi connectivity index (χ1) is 9.86. The van der Waals surface area contributed by atoms with Crippen LogP contribution in [-0.4, -0.2) is 41.1 Å². The molecule has 0 aromatic carbocycles. The number of hydrogen-bond donors (Lipinski definition) is 1.